The summed E-state index contributed by atoms with van der Waals surface area (Å²) in [4.78, 5) is 16.5. The number of amides is 1. The van der Waals surface area contributed by atoms with Crippen molar-refractivity contribution < 1.29 is 9.21 Å². The molecule has 1 aromatic heterocycles. The van der Waals surface area contributed by atoms with Crippen LogP contribution in [0.3, 0.4) is 0 Å². The van der Waals surface area contributed by atoms with Gasteiger partial charge in [0.1, 0.15) is 0 Å². The van der Waals surface area contributed by atoms with E-state index in [-0.39, 0.29) is 5.91 Å². The molecule has 116 valence electrons. The molecule has 2 aromatic rings. The summed E-state index contributed by atoms with van der Waals surface area (Å²) in [6.45, 7) is 2.77. The number of anilines is 1. The maximum Gasteiger partial charge on any atom is 0.289 e. The summed E-state index contributed by atoms with van der Waals surface area (Å²) in [7, 11) is 1.81. The van der Waals surface area contributed by atoms with E-state index in [9.17, 15) is 4.79 Å². The van der Waals surface area contributed by atoms with E-state index >= 15 is 0 Å². The summed E-state index contributed by atoms with van der Waals surface area (Å²) in [5.74, 6) is 0.245. The van der Waals surface area contributed by atoms with Crippen molar-refractivity contribution in [3.63, 3.8) is 0 Å². The summed E-state index contributed by atoms with van der Waals surface area (Å²) in [5, 5.41) is 0. The lowest BCUT2D eigenvalue weighted by atomic mass is 10.1. The van der Waals surface area contributed by atoms with Crippen molar-refractivity contribution in [2.45, 2.75) is 19.4 Å². The molecule has 0 spiro atoms. The lowest BCUT2D eigenvalue weighted by molar-refractivity contribution is 0.0752. The second-order valence-corrected chi connectivity index (χ2v) is 6.37. The number of hydrogen-bond acceptors (Lipinski definition) is 3. The number of halogens is 1. The Morgan fingerprint density at radius 3 is 2.64 bits per heavy atom. The number of para-hydroxylation sites is 1. The van der Waals surface area contributed by atoms with Crippen LogP contribution in [0.2, 0.25) is 0 Å². The molecule has 0 unspecified atom stereocenters. The highest BCUT2D eigenvalue weighted by Crippen LogP contribution is 2.26. The minimum Gasteiger partial charge on any atom is -0.444 e. The normalized spacial score (nSPS) is 14.4. The van der Waals surface area contributed by atoms with E-state index in [0.29, 0.717) is 17.0 Å². The zero-order valence-corrected chi connectivity index (χ0v) is 14.2. The third-order valence-corrected chi connectivity index (χ3v) is 4.40. The van der Waals surface area contributed by atoms with Gasteiger partial charge in [0.15, 0.2) is 10.4 Å². The van der Waals surface area contributed by atoms with Crippen molar-refractivity contribution in [1.82, 2.24) is 4.90 Å². The molecule has 0 bridgehead atoms. The average Bonchev–Trinajstić information content (AvgIpc) is 3.18. The molecule has 3 rings (SSSR count). The van der Waals surface area contributed by atoms with E-state index in [1.807, 2.05) is 6.07 Å². The van der Waals surface area contributed by atoms with Crippen molar-refractivity contribution in [3.05, 3.63) is 52.4 Å². The molecule has 1 aliphatic heterocycles. The van der Waals surface area contributed by atoms with E-state index < -0.39 is 0 Å². The fourth-order valence-corrected chi connectivity index (χ4v) is 3.16. The Morgan fingerprint density at radius 1 is 1.23 bits per heavy atom. The van der Waals surface area contributed by atoms with Gasteiger partial charge >= 0.3 is 0 Å². The van der Waals surface area contributed by atoms with Crippen LogP contribution in [0.5, 0.6) is 0 Å². The van der Waals surface area contributed by atoms with E-state index in [4.69, 9.17) is 4.42 Å². The molecule has 0 atom stereocenters. The molecule has 1 aliphatic rings. The topological polar surface area (TPSA) is 36.7 Å². The first-order valence-electron chi connectivity index (χ1n) is 7.49. The second kappa shape index (κ2) is 6.57. The number of nitrogens with zero attached hydrogens (tertiary/aromatic N) is 2. The summed E-state index contributed by atoms with van der Waals surface area (Å²) in [6.07, 6.45) is 2.48. The number of hydrogen-bond donors (Lipinski definition) is 0. The Bertz CT molecular complexity index is 662. The Morgan fingerprint density at radius 2 is 1.95 bits per heavy atom. The van der Waals surface area contributed by atoms with Crippen molar-refractivity contribution in [3.8, 4) is 0 Å². The van der Waals surface area contributed by atoms with Crippen molar-refractivity contribution >= 4 is 27.5 Å². The molecule has 0 N–H and O–H groups in total. The third kappa shape index (κ3) is 3.19. The van der Waals surface area contributed by atoms with Gasteiger partial charge in [-0.2, -0.15) is 0 Å². The molecule has 22 heavy (non-hydrogen) atoms. The van der Waals surface area contributed by atoms with Gasteiger partial charge in [0.2, 0.25) is 0 Å². The van der Waals surface area contributed by atoms with E-state index in [0.717, 1.165) is 13.1 Å². The fourth-order valence-electron chi connectivity index (χ4n) is 2.86. The highest BCUT2D eigenvalue weighted by Gasteiger charge is 2.19. The SMILES string of the molecule is CN(Cc1ccccc1N1CCCC1)C(=O)c1ccc(Br)o1. The van der Waals surface area contributed by atoms with Crippen molar-refractivity contribution in [1.29, 1.82) is 0 Å². The Hall–Kier alpha value is -1.75. The minimum atomic E-state index is -0.109. The van der Waals surface area contributed by atoms with Crippen LogP contribution < -0.4 is 4.90 Å². The van der Waals surface area contributed by atoms with Gasteiger partial charge in [0.25, 0.3) is 5.91 Å². The Kier molecular flexibility index (Phi) is 4.52. The lowest BCUT2D eigenvalue weighted by Gasteiger charge is -2.24. The lowest BCUT2D eigenvalue weighted by Crippen LogP contribution is -2.27. The first-order chi connectivity index (χ1) is 10.6. The maximum absolute atomic E-state index is 12.4. The number of carbonyl (C=O) groups excluding carboxylic acids is 1. The summed E-state index contributed by atoms with van der Waals surface area (Å²) in [5.41, 5.74) is 2.41. The molecule has 1 amide bonds. The Balaban J connectivity index is 1.76. The van der Waals surface area contributed by atoms with Crippen LogP contribution in [0.1, 0.15) is 29.0 Å². The quantitative estimate of drug-likeness (QED) is 0.826. The Labute approximate surface area is 138 Å². The predicted molar refractivity (Wildman–Crippen MR) is 90.1 cm³/mol. The number of rotatable bonds is 4. The van der Waals surface area contributed by atoms with Crippen LogP contribution in [0.25, 0.3) is 0 Å². The zero-order valence-electron chi connectivity index (χ0n) is 12.6. The van der Waals surface area contributed by atoms with E-state index in [2.05, 4.69) is 39.0 Å². The van der Waals surface area contributed by atoms with Gasteiger partial charge in [0.05, 0.1) is 0 Å². The highest BCUT2D eigenvalue weighted by atomic mass is 79.9. The predicted octanol–water partition coefficient (Wildman–Crippen LogP) is 3.91. The van der Waals surface area contributed by atoms with Crippen LogP contribution in [-0.4, -0.2) is 30.9 Å². The molecule has 5 heteroatoms. The van der Waals surface area contributed by atoms with E-state index in [1.165, 1.54) is 24.1 Å². The van der Waals surface area contributed by atoms with Crippen molar-refractivity contribution in [2.24, 2.45) is 0 Å². The van der Waals surface area contributed by atoms with Gasteiger partial charge in [-0.1, -0.05) is 18.2 Å². The number of furan rings is 1. The first kappa shape index (κ1) is 15.2. The summed E-state index contributed by atoms with van der Waals surface area (Å²) < 4.78 is 5.92. The van der Waals surface area contributed by atoms with Gasteiger partial charge in [-0.3, -0.25) is 4.79 Å². The average molecular weight is 363 g/mol. The molecule has 1 saturated heterocycles. The minimum absolute atomic E-state index is 0.109. The zero-order chi connectivity index (χ0) is 15.5. The molecule has 0 aliphatic carbocycles. The van der Waals surface area contributed by atoms with Gasteiger partial charge in [-0.05, 0) is 52.5 Å². The van der Waals surface area contributed by atoms with Crippen LogP contribution in [-0.2, 0) is 6.54 Å². The molecular weight excluding hydrogens is 344 g/mol. The molecule has 0 saturated carbocycles. The second-order valence-electron chi connectivity index (χ2n) is 5.59. The van der Waals surface area contributed by atoms with Gasteiger partial charge in [0, 0.05) is 32.4 Å². The molecule has 0 radical (unpaired) electrons. The third-order valence-electron chi connectivity index (χ3n) is 3.98. The largest absolute Gasteiger partial charge is 0.444 e. The first-order valence-corrected chi connectivity index (χ1v) is 8.28. The van der Waals surface area contributed by atoms with E-state index in [1.54, 1.807) is 24.1 Å². The monoisotopic (exact) mass is 362 g/mol. The molecule has 4 nitrogen and oxygen atoms in total. The molecular formula is C17H19BrN2O2. The highest BCUT2D eigenvalue weighted by molar-refractivity contribution is 9.10. The standard InChI is InChI=1S/C17H19BrN2O2/c1-19(17(21)15-8-9-16(18)22-15)12-13-6-2-3-7-14(13)20-10-4-5-11-20/h2-3,6-9H,4-5,10-12H2,1H3. The summed E-state index contributed by atoms with van der Waals surface area (Å²) >= 11 is 3.23. The summed E-state index contributed by atoms with van der Waals surface area (Å²) in [6, 6.07) is 11.7. The maximum atomic E-state index is 12.4. The number of carbonyl (C=O) groups is 1. The molecule has 1 aromatic carbocycles. The van der Waals surface area contributed by atoms with Crippen LogP contribution in [0, 0.1) is 0 Å². The van der Waals surface area contributed by atoms with Gasteiger partial charge in [-0.15, -0.1) is 0 Å². The van der Waals surface area contributed by atoms with Gasteiger partial charge in [-0.25, -0.2) is 0 Å². The number of benzene rings is 1. The molecule has 1 fully saturated rings. The van der Waals surface area contributed by atoms with Crippen molar-refractivity contribution in [2.75, 3.05) is 25.0 Å². The van der Waals surface area contributed by atoms with Gasteiger partial charge < -0.3 is 14.2 Å². The smallest absolute Gasteiger partial charge is 0.289 e. The fraction of sp³-hybridized carbons (Fsp3) is 0.353. The van der Waals surface area contributed by atoms with Crippen LogP contribution in [0.15, 0.2) is 45.5 Å². The molecule has 2 heterocycles. The van der Waals surface area contributed by atoms with Crippen LogP contribution in [0.4, 0.5) is 5.69 Å². The van der Waals surface area contributed by atoms with Crippen LogP contribution >= 0.6 is 15.9 Å².